The molecule has 3 rings (SSSR count). The number of hydrogen-bond acceptors (Lipinski definition) is 3. The van der Waals surface area contributed by atoms with Crippen LogP contribution in [-0.2, 0) is 0 Å². The number of aryl methyl sites for hydroxylation is 1. The molecule has 4 nitrogen and oxygen atoms in total. The molecule has 0 aromatic heterocycles. The summed E-state index contributed by atoms with van der Waals surface area (Å²) >= 11 is 11.8. The summed E-state index contributed by atoms with van der Waals surface area (Å²) in [5, 5.41) is 3.59. The van der Waals surface area contributed by atoms with E-state index in [1.807, 2.05) is 31.2 Å². The summed E-state index contributed by atoms with van der Waals surface area (Å²) in [5.74, 6) is -0.752. The van der Waals surface area contributed by atoms with Gasteiger partial charge in [-0.15, -0.1) is 0 Å². The summed E-state index contributed by atoms with van der Waals surface area (Å²) in [5.41, 5.74) is 2.49. The minimum Gasteiger partial charge on any atom is -0.367 e. The van der Waals surface area contributed by atoms with E-state index in [4.69, 9.17) is 23.2 Å². The van der Waals surface area contributed by atoms with E-state index in [1.165, 1.54) is 12.1 Å². The molecule has 1 aliphatic rings. The third kappa shape index (κ3) is 2.56. The Morgan fingerprint density at radius 2 is 1.59 bits per heavy atom. The molecule has 1 heterocycles. The summed E-state index contributed by atoms with van der Waals surface area (Å²) in [4.78, 5) is 25.8. The Balaban J connectivity index is 1.82. The minimum atomic E-state index is -0.376. The number of anilines is 1. The van der Waals surface area contributed by atoms with Gasteiger partial charge in [-0.05, 0) is 36.8 Å². The van der Waals surface area contributed by atoms with Gasteiger partial charge in [-0.3, -0.25) is 14.5 Å². The molecule has 0 radical (unpaired) electrons. The molecule has 0 spiro atoms. The molecule has 112 valence electrons. The smallest absolute Gasteiger partial charge is 0.263 e. The molecule has 1 N–H and O–H groups in total. The Bertz CT molecular complexity index is 749. The first-order valence-electron chi connectivity index (χ1n) is 6.63. The minimum absolute atomic E-state index is 0.0883. The fraction of sp³-hybridized carbons (Fsp3) is 0.125. The van der Waals surface area contributed by atoms with Crippen LogP contribution in [0, 0.1) is 6.92 Å². The monoisotopic (exact) mass is 334 g/mol. The second-order valence-electron chi connectivity index (χ2n) is 5.05. The lowest BCUT2D eigenvalue weighted by Crippen LogP contribution is -2.34. The van der Waals surface area contributed by atoms with Gasteiger partial charge in [0, 0.05) is 5.69 Å². The van der Waals surface area contributed by atoms with Crippen LogP contribution in [0.3, 0.4) is 0 Å². The van der Waals surface area contributed by atoms with Crippen LogP contribution >= 0.6 is 23.2 Å². The van der Waals surface area contributed by atoms with E-state index in [-0.39, 0.29) is 39.7 Å². The maximum Gasteiger partial charge on any atom is 0.263 e. The van der Waals surface area contributed by atoms with Crippen molar-refractivity contribution in [2.45, 2.75) is 6.92 Å². The standard InChI is InChI=1S/C16H12Cl2N2O2/c1-9-3-2-4-10(5-9)19-8-20-15(21)11-6-13(17)14(18)7-12(11)16(20)22/h2-7,19H,8H2,1H3. The zero-order valence-electron chi connectivity index (χ0n) is 11.7. The molecule has 0 bridgehead atoms. The number of amides is 2. The first kappa shape index (κ1) is 14.9. The van der Waals surface area contributed by atoms with Gasteiger partial charge in [-0.2, -0.15) is 0 Å². The van der Waals surface area contributed by atoms with Crippen molar-refractivity contribution in [1.82, 2.24) is 4.90 Å². The predicted octanol–water partition coefficient (Wildman–Crippen LogP) is 3.97. The van der Waals surface area contributed by atoms with Crippen molar-refractivity contribution in [3.05, 3.63) is 63.1 Å². The van der Waals surface area contributed by atoms with E-state index < -0.39 is 0 Å². The molecule has 2 aromatic rings. The Morgan fingerprint density at radius 3 is 2.14 bits per heavy atom. The fourth-order valence-corrected chi connectivity index (χ4v) is 2.68. The predicted molar refractivity (Wildman–Crippen MR) is 86.6 cm³/mol. The molecule has 6 heteroatoms. The van der Waals surface area contributed by atoms with E-state index >= 15 is 0 Å². The van der Waals surface area contributed by atoms with Crippen LogP contribution in [0.1, 0.15) is 26.3 Å². The second-order valence-corrected chi connectivity index (χ2v) is 5.87. The van der Waals surface area contributed by atoms with Crippen LogP contribution in [0.25, 0.3) is 0 Å². The number of rotatable bonds is 3. The SMILES string of the molecule is Cc1cccc(NCN2C(=O)c3cc(Cl)c(Cl)cc3C2=O)c1. The lowest BCUT2D eigenvalue weighted by atomic mass is 10.1. The summed E-state index contributed by atoms with van der Waals surface area (Å²) < 4.78 is 0. The van der Waals surface area contributed by atoms with Crippen molar-refractivity contribution in [3.63, 3.8) is 0 Å². The molecule has 0 unspecified atom stereocenters. The zero-order valence-corrected chi connectivity index (χ0v) is 13.2. The molecular weight excluding hydrogens is 323 g/mol. The summed E-state index contributed by atoms with van der Waals surface area (Å²) in [6.07, 6.45) is 0. The Morgan fingerprint density at radius 1 is 1.00 bits per heavy atom. The largest absolute Gasteiger partial charge is 0.367 e. The van der Waals surface area contributed by atoms with Gasteiger partial charge in [0.1, 0.15) is 0 Å². The van der Waals surface area contributed by atoms with Crippen molar-refractivity contribution in [2.75, 3.05) is 12.0 Å². The van der Waals surface area contributed by atoms with Crippen LogP contribution in [0.4, 0.5) is 5.69 Å². The summed E-state index contributed by atoms with van der Waals surface area (Å²) in [6, 6.07) is 10.6. The van der Waals surface area contributed by atoms with E-state index in [1.54, 1.807) is 0 Å². The maximum atomic E-state index is 12.3. The molecule has 2 aromatic carbocycles. The van der Waals surface area contributed by atoms with Gasteiger partial charge >= 0.3 is 0 Å². The highest BCUT2D eigenvalue weighted by Crippen LogP contribution is 2.31. The van der Waals surface area contributed by atoms with Crippen LogP contribution in [0.2, 0.25) is 10.0 Å². The molecule has 2 amide bonds. The molecule has 0 atom stereocenters. The Kier molecular flexibility index (Phi) is 3.81. The topological polar surface area (TPSA) is 49.4 Å². The van der Waals surface area contributed by atoms with Gasteiger partial charge in [0.05, 0.1) is 27.8 Å². The summed E-state index contributed by atoms with van der Waals surface area (Å²) in [7, 11) is 0. The van der Waals surface area contributed by atoms with Gasteiger partial charge in [-0.25, -0.2) is 0 Å². The highest BCUT2D eigenvalue weighted by atomic mass is 35.5. The van der Waals surface area contributed by atoms with Crippen LogP contribution in [-0.4, -0.2) is 23.4 Å². The second kappa shape index (κ2) is 5.63. The number of hydrogen-bond donors (Lipinski definition) is 1. The number of carbonyl (C=O) groups excluding carboxylic acids is 2. The zero-order chi connectivity index (χ0) is 15.9. The van der Waals surface area contributed by atoms with E-state index in [9.17, 15) is 9.59 Å². The first-order chi connectivity index (χ1) is 10.5. The van der Waals surface area contributed by atoms with Gasteiger partial charge in [0.15, 0.2) is 0 Å². The number of imide groups is 1. The molecule has 0 fully saturated rings. The number of nitrogens with zero attached hydrogens (tertiary/aromatic N) is 1. The van der Waals surface area contributed by atoms with Gasteiger partial charge in [0.2, 0.25) is 0 Å². The number of fused-ring (bicyclic) bond motifs is 1. The quantitative estimate of drug-likeness (QED) is 0.864. The lowest BCUT2D eigenvalue weighted by molar-refractivity contribution is 0.0666. The Labute approximate surface area is 137 Å². The molecular formula is C16H12Cl2N2O2. The molecule has 0 saturated heterocycles. The van der Waals surface area contributed by atoms with Gasteiger partial charge in [0.25, 0.3) is 11.8 Å². The van der Waals surface area contributed by atoms with Gasteiger partial charge < -0.3 is 5.32 Å². The maximum absolute atomic E-state index is 12.3. The van der Waals surface area contributed by atoms with Gasteiger partial charge in [-0.1, -0.05) is 35.3 Å². The van der Waals surface area contributed by atoms with Crippen molar-refractivity contribution in [1.29, 1.82) is 0 Å². The number of carbonyl (C=O) groups is 2. The van der Waals surface area contributed by atoms with Crippen LogP contribution in [0.15, 0.2) is 36.4 Å². The van der Waals surface area contributed by atoms with Crippen LogP contribution < -0.4 is 5.32 Å². The first-order valence-corrected chi connectivity index (χ1v) is 7.39. The third-order valence-electron chi connectivity index (χ3n) is 3.47. The third-order valence-corrected chi connectivity index (χ3v) is 4.19. The van der Waals surface area contributed by atoms with Crippen molar-refractivity contribution >= 4 is 40.7 Å². The fourth-order valence-electron chi connectivity index (χ4n) is 2.35. The van der Waals surface area contributed by atoms with Crippen molar-refractivity contribution in [2.24, 2.45) is 0 Å². The highest BCUT2D eigenvalue weighted by molar-refractivity contribution is 6.43. The number of halogens is 2. The Hall–Kier alpha value is -2.04. The number of benzene rings is 2. The molecule has 1 aliphatic heterocycles. The van der Waals surface area contributed by atoms with E-state index in [0.717, 1.165) is 16.2 Å². The van der Waals surface area contributed by atoms with Crippen molar-refractivity contribution in [3.8, 4) is 0 Å². The molecule has 0 saturated carbocycles. The lowest BCUT2D eigenvalue weighted by Gasteiger charge is -2.15. The average molecular weight is 335 g/mol. The number of nitrogens with one attached hydrogen (secondary N) is 1. The normalized spacial score (nSPS) is 13.5. The average Bonchev–Trinajstić information content (AvgIpc) is 2.70. The van der Waals surface area contributed by atoms with Crippen LogP contribution in [0.5, 0.6) is 0 Å². The van der Waals surface area contributed by atoms with E-state index in [2.05, 4.69) is 5.32 Å². The molecule has 22 heavy (non-hydrogen) atoms. The highest BCUT2D eigenvalue weighted by Gasteiger charge is 2.36. The van der Waals surface area contributed by atoms with Crippen molar-refractivity contribution < 1.29 is 9.59 Å². The molecule has 0 aliphatic carbocycles. The van der Waals surface area contributed by atoms with E-state index in [0.29, 0.717) is 0 Å². The summed E-state index contributed by atoms with van der Waals surface area (Å²) in [6.45, 7) is 2.06.